The van der Waals surface area contributed by atoms with Crippen molar-refractivity contribution in [3.8, 4) is 11.1 Å². The van der Waals surface area contributed by atoms with Gasteiger partial charge in [-0.1, -0.05) is 66.7 Å². The first kappa shape index (κ1) is 22.9. The maximum atomic E-state index is 13.5. The van der Waals surface area contributed by atoms with Gasteiger partial charge in [0.25, 0.3) is 0 Å². The molecule has 1 amide bonds. The summed E-state index contributed by atoms with van der Waals surface area (Å²) >= 11 is 0. The van der Waals surface area contributed by atoms with Crippen molar-refractivity contribution in [3.05, 3.63) is 126 Å². The third kappa shape index (κ3) is 4.73. The fraction of sp³-hybridized carbons (Fsp3) is 0.167. The van der Waals surface area contributed by atoms with Crippen LogP contribution in [-0.4, -0.2) is 11.0 Å². The van der Waals surface area contributed by atoms with Crippen molar-refractivity contribution in [1.82, 2.24) is 0 Å². The van der Waals surface area contributed by atoms with Gasteiger partial charge in [-0.3, -0.25) is 4.79 Å². The third-order valence-corrected chi connectivity index (χ3v) is 6.68. The molecule has 4 aromatic carbocycles. The molecule has 0 aromatic heterocycles. The van der Waals surface area contributed by atoms with Crippen LogP contribution >= 0.6 is 0 Å². The molecule has 1 heterocycles. The van der Waals surface area contributed by atoms with Gasteiger partial charge in [0, 0.05) is 5.69 Å². The summed E-state index contributed by atoms with van der Waals surface area (Å²) in [6, 6.07) is 29.7. The predicted octanol–water partition coefficient (Wildman–Crippen LogP) is 6.85. The first-order valence-corrected chi connectivity index (χ1v) is 11.7. The molecule has 35 heavy (non-hydrogen) atoms. The van der Waals surface area contributed by atoms with Gasteiger partial charge in [-0.2, -0.15) is 0 Å². The van der Waals surface area contributed by atoms with Crippen molar-refractivity contribution < 1.29 is 18.7 Å². The third-order valence-electron chi connectivity index (χ3n) is 6.68. The van der Waals surface area contributed by atoms with Crippen LogP contribution in [0, 0.1) is 17.6 Å². The van der Waals surface area contributed by atoms with E-state index in [2.05, 4.69) is 0 Å². The minimum atomic E-state index is -0.788. The quantitative estimate of drug-likeness (QED) is 0.301. The number of amides is 1. The molecule has 0 radical (unpaired) electrons. The van der Waals surface area contributed by atoms with Crippen LogP contribution in [0.4, 0.5) is 14.5 Å². The van der Waals surface area contributed by atoms with E-state index in [1.165, 1.54) is 24.3 Å². The normalized spacial score (nSPS) is 18.3. The number of β-lactam (4-membered cyclic amide) rings is 1. The van der Waals surface area contributed by atoms with Gasteiger partial charge in [0.1, 0.15) is 11.6 Å². The van der Waals surface area contributed by atoms with Crippen LogP contribution in [0.5, 0.6) is 0 Å². The molecule has 1 N–H and O–H groups in total. The van der Waals surface area contributed by atoms with E-state index in [1.54, 1.807) is 29.2 Å². The Morgan fingerprint density at radius 3 is 1.94 bits per heavy atom. The molecule has 0 saturated carbocycles. The fourth-order valence-corrected chi connectivity index (χ4v) is 4.79. The number of rotatable bonds is 7. The largest absolute Gasteiger partial charge is 0.388 e. The zero-order valence-electron chi connectivity index (χ0n) is 19.0. The van der Waals surface area contributed by atoms with Crippen molar-refractivity contribution in [2.24, 2.45) is 5.92 Å². The summed E-state index contributed by atoms with van der Waals surface area (Å²) in [5.41, 5.74) is 4.44. The van der Waals surface area contributed by atoms with Crippen LogP contribution < -0.4 is 4.90 Å². The number of aliphatic hydroxyl groups is 1. The molecule has 176 valence electrons. The molecular weight excluding hydrogens is 444 g/mol. The van der Waals surface area contributed by atoms with Crippen molar-refractivity contribution in [2.75, 3.05) is 4.90 Å². The highest BCUT2D eigenvalue weighted by molar-refractivity contribution is 6.03. The summed E-state index contributed by atoms with van der Waals surface area (Å²) in [4.78, 5) is 14.9. The number of nitrogens with zero attached hydrogens (tertiary/aromatic N) is 1. The highest BCUT2D eigenvalue weighted by atomic mass is 19.1. The van der Waals surface area contributed by atoms with E-state index in [9.17, 15) is 18.7 Å². The molecule has 1 aliphatic rings. The Balaban J connectivity index is 1.39. The van der Waals surface area contributed by atoms with Gasteiger partial charge < -0.3 is 10.0 Å². The topological polar surface area (TPSA) is 40.5 Å². The number of carbonyl (C=O) groups excluding carboxylic acids is 1. The molecule has 0 bridgehead atoms. The van der Waals surface area contributed by atoms with Crippen LogP contribution in [0.15, 0.2) is 103 Å². The molecule has 0 unspecified atom stereocenters. The summed E-state index contributed by atoms with van der Waals surface area (Å²) in [5, 5.41) is 10.6. The van der Waals surface area contributed by atoms with E-state index in [4.69, 9.17) is 0 Å². The lowest BCUT2D eigenvalue weighted by Gasteiger charge is -2.48. The maximum Gasteiger partial charge on any atom is 0.233 e. The number of hydrogen-bond acceptors (Lipinski definition) is 2. The Bertz CT molecular complexity index is 1290. The van der Waals surface area contributed by atoms with E-state index in [0.717, 1.165) is 16.7 Å². The van der Waals surface area contributed by atoms with Crippen LogP contribution in [0.3, 0.4) is 0 Å². The average molecular weight is 470 g/mol. The first-order chi connectivity index (χ1) is 17.0. The summed E-state index contributed by atoms with van der Waals surface area (Å²) in [6.07, 6.45) is 0.0577. The monoisotopic (exact) mass is 469 g/mol. The zero-order chi connectivity index (χ0) is 24.4. The lowest BCUT2D eigenvalue weighted by Crippen LogP contribution is -2.55. The number of anilines is 1. The Morgan fingerprint density at radius 1 is 0.743 bits per heavy atom. The molecule has 1 aliphatic heterocycles. The molecule has 3 atom stereocenters. The fourth-order valence-electron chi connectivity index (χ4n) is 4.79. The van der Waals surface area contributed by atoms with E-state index >= 15 is 0 Å². The van der Waals surface area contributed by atoms with Gasteiger partial charge >= 0.3 is 0 Å². The summed E-state index contributed by atoms with van der Waals surface area (Å²) < 4.78 is 26.7. The number of carbonyl (C=O) groups is 1. The Hall–Kier alpha value is -3.83. The van der Waals surface area contributed by atoms with E-state index in [-0.39, 0.29) is 29.5 Å². The van der Waals surface area contributed by atoms with E-state index in [1.807, 2.05) is 54.6 Å². The van der Waals surface area contributed by atoms with Crippen molar-refractivity contribution in [1.29, 1.82) is 0 Å². The van der Waals surface area contributed by atoms with Gasteiger partial charge in [-0.05, 0) is 71.5 Å². The van der Waals surface area contributed by atoms with Crippen LogP contribution in [0.2, 0.25) is 0 Å². The van der Waals surface area contributed by atoms with Crippen molar-refractivity contribution in [2.45, 2.75) is 25.0 Å². The van der Waals surface area contributed by atoms with Gasteiger partial charge in [-0.25, -0.2) is 8.78 Å². The number of aliphatic hydroxyl groups excluding tert-OH is 1. The first-order valence-electron chi connectivity index (χ1n) is 11.7. The molecule has 0 aliphatic carbocycles. The SMILES string of the molecule is O=C1[C@H](CC[C@H](O)c2ccc(F)cc2)[C@@H](c2ccc(-c3ccccc3)cc2)N1c1ccc(F)cc1. The standard InChI is InChI=1S/C30H25F2NO2/c31-24-12-10-22(11-13-24)28(34)19-18-27-29(33(30(27)35)26-16-14-25(32)15-17-26)23-8-6-21(7-9-23)20-4-2-1-3-5-20/h1-17,27-29,34H,18-19H2/t27-,28+,29-/m1/s1. The Morgan fingerprint density at radius 2 is 1.31 bits per heavy atom. The molecule has 5 heteroatoms. The molecule has 4 aromatic rings. The van der Waals surface area contributed by atoms with Gasteiger partial charge in [0.05, 0.1) is 18.1 Å². The summed E-state index contributed by atoms with van der Waals surface area (Å²) in [7, 11) is 0. The molecule has 1 fully saturated rings. The number of halogens is 2. The number of hydrogen-bond donors (Lipinski definition) is 1. The molecule has 0 spiro atoms. The van der Waals surface area contributed by atoms with E-state index < -0.39 is 6.10 Å². The average Bonchev–Trinajstić information content (AvgIpc) is 2.89. The van der Waals surface area contributed by atoms with Crippen LogP contribution in [-0.2, 0) is 4.79 Å². The second kappa shape index (κ2) is 9.80. The van der Waals surface area contributed by atoms with E-state index in [0.29, 0.717) is 24.1 Å². The second-order valence-corrected chi connectivity index (χ2v) is 8.87. The summed E-state index contributed by atoms with van der Waals surface area (Å²) in [5.74, 6) is -1.09. The lowest BCUT2D eigenvalue weighted by molar-refractivity contribution is -0.131. The lowest BCUT2D eigenvalue weighted by atomic mass is 9.78. The maximum absolute atomic E-state index is 13.5. The Labute approximate surface area is 203 Å². The van der Waals surface area contributed by atoms with Gasteiger partial charge in [0.2, 0.25) is 5.91 Å². The van der Waals surface area contributed by atoms with Crippen LogP contribution in [0.1, 0.15) is 36.1 Å². The zero-order valence-corrected chi connectivity index (χ0v) is 19.0. The van der Waals surface area contributed by atoms with Gasteiger partial charge in [-0.15, -0.1) is 0 Å². The smallest absolute Gasteiger partial charge is 0.233 e. The van der Waals surface area contributed by atoms with Gasteiger partial charge in [0.15, 0.2) is 0 Å². The Kier molecular flexibility index (Phi) is 6.43. The summed E-state index contributed by atoms with van der Waals surface area (Å²) in [6.45, 7) is 0. The van der Waals surface area contributed by atoms with Crippen LogP contribution in [0.25, 0.3) is 11.1 Å². The molecular formula is C30H25F2NO2. The second-order valence-electron chi connectivity index (χ2n) is 8.87. The minimum Gasteiger partial charge on any atom is -0.388 e. The molecule has 1 saturated heterocycles. The highest BCUT2D eigenvalue weighted by Gasteiger charge is 2.48. The highest BCUT2D eigenvalue weighted by Crippen LogP contribution is 2.46. The molecule has 3 nitrogen and oxygen atoms in total. The van der Waals surface area contributed by atoms with Crippen molar-refractivity contribution >= 4 is 11.6 Å². The minimum absolute atomic E-state index is 0.0555. The molecule has 5 rings (SSSR count). The van der Waals surface area contributed by atoms with Crippen molar-refractivity contribution in [3.63, 3.8) is 0 Å². The predicted molar refractivity (Wildman–Crippen MR) is 133 cm³/mol. The number of benzene rings is 4.